The first-order valence-electron chi connectivity index (χ1n) is 9.17. The van der Waals surface area contributed by atoms with Gasteiger partial charge < -0.3 is 24.2 Å². The van der Waals surface area contributed by atoms with Gasteiger partial charge in [0.15, 0.2) is 17.3 Å². The third-order valence-electron chi connectivity index (χ3n) is 5.00. The van der Waals surface area contributed by atoms with Crippen LogP contribution in [0, 0.1) is 0 Å². The van der Waals surface area contributed by atoms with Crippen molar-refractivity contribution in [2.24, 2.45) is 0 Å². The maximum absolute atomic E-state index is 11.7. The minimum absolute atomic E-state index is 0.102. The van der Waals surface area contributed by atoms with Crippen LogP contribution >= 0.6 is 0 Å². The molecule has 1 aliphatic rings. The van der Waals surface area contributed by atoms with Gasteiger partial charge in [0.1, 0.15) is 11.4 Å². The number of carboxylic acid groups (broad SMARTS) is 1. The van der Waals surface area contributed by atoms with Crippen LogP contribution in [0.3, 0.4) is 0 Å². The van der Waals surface area contributed by atoms with E-state index in [4.69, 9.17) is 14.2 Å². The lowest BCUT2D eigenvalue weighted by atomic mass is 10.0. The molecule has 2 aromatic rings. The zero-order valence-electron chi connectivity index (χ0n) is 16.6. The van der Waals surface area contributed by atoms with E-state index in [0.29, 0.717) is 34.5 Å². The van der Waals surface area contributed by atoms with Crippen molar-refractivity contribution in [3.05, 3.63) is 23.9 Å². The van der Waals surface area contributed by atoms with E-state index in [0.717, 1.165) is 25.8 Å². The highest BCUT2D eigenvalue weighted by atomic mass is 16.5. The summed E-state index contributed by atoms with van der Waals surface area (Å²) in [6.07, 6.45) is 4.50. The third kappa shape index (κ3) is 3.67. The average Bonchev–Trinajstić information content (AvgIpc) is 2.72. The van der Waals surface area contributed by atoms with E-state index < -0.39 is 5.97 Å². The van der Waals surface area contributed by atoms with E-state index in [1.807, 2.05) is 0 Å². The van der Waals surface area contributed by atoms with Gasteiger partial charge in [-0.2, -0.15) is 0 Å². The Bertz CT molecular complexity index is 846. The van der Waals surface area contributed by atoms with Gasteiger partial charge >= 0.3 is 5.97 Å². The number of aromatic carboxylic acids is 1. The molecular formula is C20H25N3O5. The summed E-state index contributed by atoms with van der Waals surface area (Å²) in [7, 11) is 4.61. The van der Waals surface area contributed by atoms with Crippen LogP contribution in [0.2, 0.25) is 0 Å². The molecule has 28 heavy (non-hydrogen) atoms. The molecule has 1 aliphatic heterocycles. The van der Waals surface area contributed by atoms with Gasteiger partial charge in [-0.25, -0.2) is 14.8 Å². The van der Waals surface area contributed by atoms with E-state index in [1.165, 1.54) is 27.5 Å². The number of carboxylic acids is 1. The molecule has 1 unspecified atom stereocenters. The van der Waals surface area contributed by atoms with Gasteiger partial charge in [0, 0.05) is 24.3 Å². The number of methoxy groups -OCH3 is 3. The van der Waals surface area contributed by atoms with Crippen molar-refractivity contribution in [1.82, 2.24) is 9.97 Å². The van der Waals surface area contributed by atoms with Crippen LogP contribution < -0.4 is 19.1 Å². The van der Waals surface area contributed by atoms with Gasteiger partial charge in [0.25, 0.3) is 0 Å². The lowest BCUT2D eigenvalue weighted by molar-refractivity contribution is 0.0696. The van der Waals surface area contributed by atoms with Crippen molar-refractivity contribution in [3.8, 4) is 28.6 Å². The first-order valence-corrected chi connectivity index (χ1v) is 9.17. The highest BCUT2D eigenvalue weighted by Crippen LogP contribution is 2.41. The Kier molecular flexibility index (Phi) is 5.87. The maximum atomic E-state index is 11.7. The molecule has 0 aliphatic carbocycles. The van der Waals surface area contributed by atoms with Crippen LogP contribution in [0.4, 0.5) is 5.82 Å². The fourth-order valence-electron chi connectivity index (χ4n) is 3.50. The molecule has 1 aromatic carbocycles. The number of hydrogen-bond donors (Lipinski definition) is 1. The highest BCUT2D eigenvalue weighted by molar-refractivity contribution is 5.93. The number of piperidine rings is 1. The molecule has 1 saturated heterocycles. The van der Waals surface area contributed by atoms with Crippen molar-refractivity contribution >= 4 is 11.8 Å². The molecule has 2 heterocycles. The summed E-state index contributed by atoms with van der Waals surface area (Å²) in [6.45, 7) is 2.86. The summed E-state index contributed by atoms with van der Waals surface area (Å²) in [4.78, 5) is 22.7. The molecule has 1 fully saturated rings. The second-order valence-electron chi connectivity index (χ2n) is 6.69. The maximum Gasteiger partial charge on any atom is 0.341 e. The number of nitrogens with zero attached hydrogens (tertiary/aromatic N) is 3. The van der Waals surface area contributed by atoms with Crippen molar-refractivity contribution < 1.29 is 24.1 Å². The van der Waals surface area contributed by atoms with E-state index in [2.05, 4.69) is 21.8 Å². The number of ether oxygens (including phenoxy) is 3. The van der Waals surface area contributed by atoms with Crippen molar-refractivity contribution in [3.63, 3.8) is 0 Å². The van der Waals surface area contributed by atoms with Crippen LogP contribution in [-0.2, 0) is 0 Å². The van der Waals surface area contributed by atoms with Gasteiger partial charge in [-0.1, -0.05) is 0 Å². The minimum atomic E-state index is -1.04. The Labute approximate surface area is 164 Å². The first kappa shape index (κ1) is 19.7. The predicted octanol–water partition coefficient (Wildman–Crippen LogP) is 3.25. The molecule has 0 radical (unpaired) electrons. The smallest absolute Gasteiger partial charge is 0.341 e. The molecule has 8 nitrogen and oxygen atoms in total. The largest absolute Gasteiger partial charge is 0.493 e. The molecule has 0 bridgehead atoms. The molecule has 150 valence electrons. The summed E-state index contributed by atoms with van der Waals surface area (Å²) in [5.41, 5.74) is 0.752. The van der Waals surface area contributed by atoms with Crippen molar-refractivity contribution in [2.45, 2.75) is 32.2 Å². The zero-order valence-corrected chi connectivity index (χ0v) is 16.6. The lowest BCUT2D eigenvalue weighted by Crippen LogP contribution is -2.39. The van der Waals surface area contributed by atoms with E-state index in [9.17, 15) is 9.90 Å². The summed E-state index contributed by atoms with van der Waals surface area (Å²) >= 11 is 0. The van der Waals surface area contributed by atoms with Gasteiger partial charge in [0.05, 0.1) is 21.3 Å². The average molecular weight is 387 g/mol. The van der Waals surface area contributed by atoms with Crippen LogP contribution in [0.1, 0.15) is 36.5 Å². The first-order chi connectivity index (χ1) is 13.5. The Morgan fingerprint density at radius 3 is 2.36 bits per heavy atom. The molecule has 0 amide bonds. The lowest BCUT2D eigenvalue weighted by Gasteiger charge is -2.35. The summed E-state index contributed by atoms with van der Waals surface area (Å²) in [6, 6.07) is 3.72. The molecule has 0 spiro atoms. The Morgan fingerprint density at radius 2 is 1.82 bits per heavy atom. The second kappa shape index (κ2) is 8.33. The fourth-order valence-corrected chi connectivity index (χ4v) is 3.50. The molecule has 0 saturated carbocycles. The Hall–Kier alpha value is -3.03. The number of rotatable bonds is 6. The minimum Gasteiger partial charge on any atom is -0.493 e. The highest BCUT2D eigenvalue weighted by Gasteiger charge is 2.26. The summed E-state index contributed by atoms with van der Waals surface area (Å²) in [5, 5.41) is 9.61. The standard InChI is InChI=1S/C20H25N3O5/c1-12-7-5-6-8-23(12)19-14(20(24)25)11-21-18(22-19)13-9-15(26-2)17(28-4)16(10-13)27-3/h9-12H,5-8H2,1-4H3,(H,24,25). The molecule has 1 aromatic heterocycles. The number of carbonyl (C=O) groups is 1. The molecule has 3 rings (SSSR count). The summed E-state index contributed by atoms with van der Waals surface area (Å²) in [5.74, 6) is 1.24. The van der Waals surface area contributed by atoms with Crippen LogP contribution in [-0.4, -0.2) is 55.0 Å². The Morgan fingerprint density at radius 1 is 1.14 bits per heavy atom. The van der Waals surface area contributed by atoms with E-state index in [1.54, 1.807) is 12.1 Å². The quantitative estimate of drug-likeness (QED) is 0.807. The monoisotopic (exact) mass is 387 g/mol. The SMILES string of the molecule is COc1cc(-c2ncc(C(=O)O)c(N3CCCCC3C)n2)cc(OC)c1OC. The normalized spacial score (nSPS) is 16.6. The Balaban J connectivity index is 2.13. The number of benzene rings is 1. The molecule has 1 N–H and O–H groups in total. The number of aromatic nitrogens is 2. The third-order valence-corrected chi connectivity index (χ3v) is 5.00. The van der Waals surface area contributed by atoms with E-state index in [-0.39, 0.29) is 11.6 Å². The number of hydrogen-bond acceptors (Lipinski definition) is 7. The van der Waals surface area contributed by atoms with Crippen LogP contribution in [0.25, 0.3) is 11.4 Å². The zero-order chi connectivity index (χ0) is 20.3. The van der Waals surface area contributed by atoms with Gasteiger partial charge in [-0.15, -0.1) is 0 Å². The fraction of sp³-hybridized carbons (Fsp3) is 0.450. The van der Waals surface area contributed by atoms with E-state index >= 15 is 0 Å². The van der Waals surface area contributed by atoms with Gasteiger partial charge in [-0.05, 0) is 38.3 Å². The molecular weight excluding hydrogens is 362 g/mol. The van der Waals surface area contributed by atoms with Gasteiger partial charge in [-0.3, -0.25) is 0 Å². The molecule has 8 heteroatoms. The van der Waals surface area contributed by atoms with Crippen molar-refractivity contribution in [2.75, 3.05) is 32.8 Å². The molecule has 1 atom stereocenters. The van der Waals surface area contributed by atoms with Crippen molar-refractivity contribution in [1.29, 1.82) is 0 Å². The van der Waals surface area contributed by atoms with Crippen LogP contribution in [0.15, 0.2) is 18.3 Å². The second-order valence-corrected chi connectivity index (χ2v) is 6.69. The topological polar surface area (TPSA) is 94.0 Å². The predicted molar refractivity (Wildman–Crippen MR) is 105 cm³/mol. The summed E-state index contributed by atoms with van der Waals surface area (Å²) < 4.78 is 16.2. The van der Waals surface area contributed by atoms with Crippen LogP contribution in [0.5, 0.6) is 17.2 Å². The van der Waals surface area contributed by atoms with Gasteiger partial charge in [0.2, 0.25) is 5.75 Å². The number of anilines is 1.